The fraction of sp³-hybridized carbons (Fsp3) is 0.0417. The average Bonchev–Trinajstić information content (AvgIpc) is 3.36. The summed E-state index contributed by atoms with van der Waals surface area (Å²) in [6, 6.07) is 19.0. The number of pyridine rings is 1. The first kappa shape index (κ1) is 21.8. The number of nitrogens with one attached hydrogen (secondary N) is 2. The molecule has 0 fully saturated rings. The third-order valence-corrected chi connectivity index (χ3v) is 7.69. The van der Waals surface area contributed by atoms with Crippen molar-refractivity contribution in [3.05, 3.63) is 95.8 Å². The SMILES string of the molecule is Cc1c(C(=O)/C=C/Nc2ccc(S(=O)(=O)Nc3ccccn3)cc2)sc2nc3ccccc3n12. The number of anilines is 2. The number of thiazole rings is 1. The number of imidazole rings is 1. The van der Waals surface area contributed by atoms with E-state index in [9.17, 15) is 13.2 Å². The molecule has 3 aromatic heterocycles. The van der Waals surface area contributed by atoms with Gasteiger partial charge in [-0.25, -0.2) is 18.4 Å². The fourth-order valence-electron chi connectivity index (χ4n) is 3.53. The number of benzene rings is 2. The van der Waals surface area contributed by atoms with Crippen LogP contribution in [0.4, 0.5) is 11.5 Å². The molecule has 170 valence electrons. The lowest BCUT2D eigenvalue weighted by Crippen LogP contribution is -2.13. The van der Waals surface area contributed by atoms with Gasteiger partial charge in [-0.3, -0.25) is 13.9 Å². The standard InChI is InChI=1S/C24H19N5O3S2/c1-16-23(33-24-27-19-6-2-3-7-20(19)29(16)24)21(30)13-15-25-17-9-11-18(12-10-17)34(31,32)28-22-8-4-5-14-26-22/h2-15,25H,1H3,(H,26,28)/b15-13+. The monoisotopic (exact) mass is 489 g/mol. The largest absolute Gasteiger partial charge is 0.362 e. The normalized spacial score (nSPS) is 11.9. The van der Waals surface area contributed by atoms with Crippen molar-refractivity contribution < 1.29 is 13.2 Å². The van der Waals surface area contributed by atoms with Crippen LogP contribution in [-0.4, -0.2) is 28.6 Å². The second kappa shape index (κ2) is 8.73. The number of aromatic nitrogens is 3. The molecule has 0 bridgehead atoms. The average molecular weight is 490 g/mol. The Bertz CT molecular complexity index is 1640. The fourth-order valence-corrected chi connectivity index (χ4v) is 5.60. The molecule has 0 atom stereocenters. The number of fused-ring (bicyclic) bond motifs is 3. The lowest BCUT2D eigenvalue weighted by atomic mass is 10.2. The van der Waals surface area contributed by atoms with Gasteiger partial charge in [0, 0.05) is 29.9 Å². The van der Waals surface area contributed by atoms with Gasteiger partial charge in [-0.1, -0.05) is 29.5 Å². The Morgan fingerprint density at radius 3 is 2.56 bits per heavy atom. The van der Waals surface area contributed by atoms with Crippen LogP contribution in [0.15, 0.2) is 90.1 Å². The molecule has 5 aromatic rings. The van der Waals surface area contributed by atoms with E-state index in [0.29, 0.717) is 10.6 Å². The molecule has 0 radical (unpaired) electrons. The number of nitrogens with zero attached hydrogens (tertiary/aromatic N) is 3. The van der Waals surface area contributed by atoms with E-state index in [0.717, 1.165) is 21.7 Å². The van der Waals surface area contributed by atoms with Crippen LogP contribution in [0.5, 0.6) is 0 Å². The molecule has 0 amide bonds. The summed E-state index contributed by atoms with van der Waals surface area (Å²) in [4.78, 5) is 22.8. The molecule has 0 saturated heterocycles. The zero-order chi connectivity index (χ0) is 23.7. The molecule has 0 aliphatic heterocycles. The van der Waals surface area contributed by atoms with Gasteiger partial charge in [0.15, 0.2) is 10.7 Å². The van der Waals surface area contributed by atoms with Gasteiger partial charge in [-0.15, -0.1) is 0 Å². The number of hydrogen-bond donors (Lipinski definition) is 2. The molecular formula is C24H19N5O3S2. The highest BCUT2D eigenvalue weighted by Gasteiger charge is 2.17. The zero-order valence-electron chi connectivity index (χ0n) is 18.0. The van der Waals surface area contributed by atoms with E-state index < -0.39 is 10.0 Å². The maximum atomic E-state index is 12.8. The van der Waals surface area contributed by atoms with E-state index in [4.69, 9.17) is 0 Å². The summed E-state index contributed by atoms with van der Waals surface area (Å²) in [5, 5.41) is 3.00. The molecule has 2 aromatic carbocycles. The lowest BCUT2D eigenvalue weighted by molar-refractivity contribution is 0.104. The van der Waals surface area contributed by atoms with Crippen LogP contribution in [-0.2, 0) is 10.0 Å². The topological polar surface area (TPSA) is 105 Å². The number of para-hydroxylation sites is 2. The van der Waals surface area contributed by atoms with Crippen LogP contribution in [0.1, 0.15) is 15.4 Å². The first-order valence-electron chi connectivity index (χ1n) is 10.3. The third kappa shape index (κ3) is 4.16. The number of ketones is 1. The number of aryl methyl sites for hydroxylation is 1. The maximum absolute atomic E-state index is 12.8. The predicted octanol–water partition coefficient (Wildman–Crippen LogP) is 4.86. The molecule has 0 aliphatic carbocycles. The van der Waals surface area contributed by atoms with E-state index in [-0.39, 0.29) is 16.5 Å². The maximum Gasteiger partial charge on any atom is 0.263 e. The van der Waals surface area contributed by atoms with Crippen molar-refractivity contribution in [2.24, 2.45) is 0 Å². The summed E-state index contributed by atoms with van der Waals surface area (Å²) < 4.78 is 29.4. The van der Waals surface area contributed by atoms with E-state index in [1.165, 1.54) is 41.9 Å². The molecule has 10 heteroatoms. The van der Waals surface area contributed by atoms with E-state index in [1.807, 2.05) is 35.6 Å². The molecule has 5 rings (SSSR count). The van der Waals surface area contributed by atoms with Gasteiger partial charge in [0.05, 0.1) is 20.8 Å². The van der Waals surface area contributed by atoms with Crippen molar-refractivity contribution in [2.45, 2.75) is 11.8 Å². The van der Waals surface area contributed by atoms with Crippen LogP contribution in [0.2, 0.25) is 0 Å². The van der Waals surface area contributed by atoms with Crippen LogP contribution in [0.25, 0.3) is 16.0 Å². The molecule has 0 spiro atoms. The summed E-state index contributed by atoms with van der Waals surface area (Å²) in [5.74, 6) is 0.110. The zero-order valence-corrected chi connectivity index (χ0v) is 19.6. The first-order chi connectivity index (χ1) is 16.4. The van der Waals surface area contributed by atoms with Crippen LogP contribution >= 0.6 is 11.3 Å². The van der Waals surface area contributed by atoms with E-state index in [1.54, 1.807) is 30.3 Å². The van der Waals surface area contributed by atoms with Crippen molar-refractivity contribution >= 4 is 54.6 Å². The van der Waals surface area contributed by atoms with Crippen molar-refractivity contribution in [3.63, 3.8) is 0 Å². The quantitative estimate of drug-likeness (QED) is 0.250. The van der Waals surface area contributed by atoms with Crippen LogP contribution < -0.4 is 10.0 Å². The Morgan fingerprint density at radius 2 is 1.79 bits per heavy atom. The van der Waals surface area contributed by atoms with Gasteiger partial charge >= 0.3 is 0 Å². The Kier molecular flexibility index (Phi) is 5.60. The molecule has 2 N–H and O–H groups in total. The first-order valence-corrected chi connectivity index (χ1v) is 12.6. The molecule has 3 heterocycles. The van der Waals surface area contributed by atoms with E-state index >= 15 is 0 Å². The highest BCUT2D eigenvalue weighted by Crippen LogP contribution is 2.28. The Hall–Kier alpha value is -4.02. The Labute approximate surface area is 199 Å². The van der Waals surface area contributed by atoms with Gasteiger partial charge < -0.3 is 5.32 Å². The highest BCUT2D eigenvalue weighted by atomic mass is 32.2. The number of rotatable bonds is 7. The lowest BCUT2D eigenvalue weighted by Gasteiger charge is -2.08. The number of carbonyl (C=O) groups is 1. The van der Waals surface area contributed by atoms with Crippen LogP contribution in [0, 0.1) is 6.92 Å². The molecule has 34 heavy (non-hydrogen) atoms. The minimum atomic E-state index is -3.75. The van der Waals surface area contributed by atoms with Gasteiger partial charge in [0.1, 0.15) is 5.82 Å². The van der Waals surface area contributed by atoms with E-state index in [2.05, 4.69) is 20.0 Å². The minimum Gasteiger partial charge on any atom is -0.362 e. The molecule has 0 aliphatic rings. The molecular weight excluding hydrogens is 470 g/mol. The van der Waals surface area contributed by atoms with Crippen molar-refractivity contribution in [3.8, 4) is 0 Å². The number of carbonyl (C=O) groups excluding carboxylic acids is 1. The smallest absolute Gasteiger partial charge is 0.263 e. The number of sulfonamides is 1. The van der Waals surface area contributed by atoms with Gasteiger partial charge in [0.25, 0.3) is 10.0 Å². The summed E-state index contributed by atoms with van der Waals surface area (Å²) in [7, 11) is -3.75. The summed E-state index contributed by atoms with van der Waals surface area (Å²) in [6.07, 6.45) is 4.50. The number of hydrogen-bond acceptors (Lipinski definition) is 7. The van der Waals surface area contributed by atoms with Gasteiger partial charge in [-0.05, 0) is 55.5 Å². The van der Waals surface area contributed by atoms with Gasteiger partial charge in [-0.2, -0.15) is 0 Å². The summed E-state index contributed by atoms with van der Waals surface area (Å²) >= 11 is 1.35. The van der Waals surface area contributed by atoms with Crippen molar-refractivity contribution in [1.29, 1.82) is 0 Å². The minimum absolute atomic E-state index is 0.105. The summed E-state index contributed by atoms with van der Waals surface area (Å²) in [5.41, 5.74) is 3.36. The van der Waals surface area contributed by atoms with Crippen molar-refractivity contribution in [2.75, 3.05) is 10.0 Å². The van der Waals surface area contributed by atoms with Crippen LogP contribution in [0.3, 0.4) is 0 Å². The molecule has 0 saturated carbocycles. The number of allylic oxidation sites excluding steroid dienone is 1. The highest BCUT2D eigenvalue weighted by molar-refractivity contribution is 7.92. The second-order valence-electron chi connectivity index (χ2n) is 7.42. The molecule has 8 nitrogen and oxygen atoms in total. The second-order valence-corrected chi connectivity index (χ2v) is 10.1. The summed E-state index contributed by atoms with van der Waals surface area (Å²) in [6.45, 7) is 1.91. The molecule has 0 unspecified atom stereocenters. The van der Waals surface area contributed by atoms with Crippen molar-refractivity contribution in [1.82, 2.24) is 14.4 Å². The third-order valence-electron chi connectivity index (χ3n) is 5.16. The Morgan fingerprint density at radius 1 is 1.03 bits per heavy atom. The predicted molar refractivity (Wildman–Crippen MR) is 134 cm³/mol. The van der Waals surface area contributed by atoms with Gasteiger partial charge in [0.2, 0.25) is 0 Å². The Balaban J connectivity index is 1.28.